The molecular weight excluding hydrogens is 300 g/mol. The van der Waals surface area contributed by atoms with Gasteiger partial charge in [-0.05, 0) is 31.7 Å². The molecule has 2 heterocycles. The van der Waals surface area contributed by atoms with E-state index in [1.807, 2.05) is 4.90 Å². The van der Waals surface area contributed by atoms with E-state index < -0.39 is 0 Å². The highest BCUT2D eigenvalue weighted by atomic mass is 16.2. The molecule has 0 atom stereocenters. The second kappa shape index (κ2) is 7.99. The minimum absolute atomic E-state index is 0.317. The van der Waals surface area contributed by atoms with Gasteiger partial charge in [-0.15, -0.1) is 0 Å². The second-order valence-electron chi connectivity index (χ2n) is 7.10. The molecule has 0 unspecified atom stereocenters. The third kappa shape index (κ3) is 4.48. The van der Waals surface area contributed by atoms with Gasteiger partial charge in [0, 0.05) is 71.0 Å². The number of aryl methyl sites for hydroxylation is 1. The predicted molar refractivity (Wildman–Crippen MR) is 98.5 cm³/mol. The van der Waals surface area contributed by atoms with Gasteiger partial charge in [0.1, 0.15) is 0 Å². The summed E-state index contributed by atoms with van der Waals surface area (Å²) in [5, 5.41) is 0. The smallest absolute Gasteiger partial charge is 0.223 e. The Bertz CT molecular complexity index is 546. The SMILES string of the molecule is Cc1cccc(N2CCN(C(=O)CCN3CCN(C)CC3)CC2)c1. The van der Waals surface area contributed by atoms with Crippen molar-refractivity contribution in [2.75, 3.05) is 70.9 Å². The monoisotopic (exact) mass is 330 g/mol. The molecular formula is C19H30N4O. The number of carbonyl (C=O) groups is 1. The number of piperazine rings is 2. The molecule has 24 heavy (non-hydrogen) atoms. The molecule has 5 heteroatoms. The van der Waals surface area contributed by atoms with Crippen molar-refractivity contribution in [2.24, 2.45) is 0 Å². The molecule has 0 spiro atoms. The van der Waals surface area contributed by atoms with E-state index in [1.165, 1.54) is 11.3 Å². The average Bonchev–Trinajstić information content (AvgIpc) is 2.61. The highest BCUT2D eigenvalue weighted by Gasteiger charge is 2.22. The van der Waals surface area contributed by atoms with E-state index in [9.17, 15) is 4.79 Å². The van der Waals surface area contributed by atoms with Gasteiger partial charge >= 0.3 is 0 Å². The summed E-state index contributed by atoms with van der Waals surface area (Å²) < 4.78 is 0. The predicted octanol–water partition coefficient (Wildman–Crippen LogP) is 1.28. The van der Waals surface area contributed by atoms with Crippen LogP contribution in [0.2, 0.25) is 0 Å². The summed E-state index contributed by atoms with van der Waals surface area (Å²) in [7, 11) is 2.16. The summed E-state index contributed by atoms with van der Waals surface area (Å²) in [5.74, 6) is 0.317. The maximum atomic E-state index is 12.5. The molecule has 132 valence electrons. The fraction of sp³-hybridized carbons (Fsp3) is 0.632. The van der Waals surface area contributed by atoms with Crippen LogP contribution < -0.4 is 4.90 Å². The molecule has 1 aromatic rings. The first kappa shape index (κ1) is 17.2. The topological polar surface area (TPSA) is 30.0 Å². The van der Waals surface area contributed by atoms with Gasteiger partial charge in [-0.25, -0.2) is 0 Å². The van der Waals surface area contributed by atoms with Crippen molar-refractivity contribution in [2.45, 2.75) is 13.3 Å². The Hall–Kier alpha value is -1.59. The highest BCUT2D eigenvalue weighted by Crippen LogP contribution is 2.18. The second-order valence-corrected chi connectivity index (χ2v) is 7.10. The number of benzene rings is 1. The van der Waals surface area contributed by atoms with Gasteiger partial charge in [0.25, 0.3) is 0 Å². The Morgan fingerprint density at radius 3 is 2.38 bits per heavy atom. The Kier molecular flexibility index (Phi) is 5.74. The number of anilines is 1. The zero-order valence-corrected chi connectivity index (χ0v) is 15.1. The number of hydrogen-bond acceptors (Lipinski definition) is 4. The molecule has 1 amide bonds. The molecule has 2 saturated heterocycles. The fourth-order valence-electron chi connectivity index (χ4n) is 3.52. The van der Waals surface area contributed by atoms with Crippen molar-refractivity contribution in [1.82, 2.24) is 14.7 Å². The molecule has 0 bridgehead atoms. The van der Waals surface area contributed by atoms with Crippen LogP contribution in [0.1, 0.15) is 12.0 Å². The molecule has 3 rings (SSSR count). The lowest BCUT2D eigenvalue weighted by molar-refractivity contribution is -0.131. The van der Waals surface area contributed by atoms with Gasteiger partial charge in [-0.2, -0.15) is 0 Å². The molecule has 0 radical (unpaired) electrons. The van der Waals surface area contributed by atoms with Crippen LogP contribution in [0.25, 0.3) is 0 Å². The highest BCUT2D eigenvalue weighted by molar-refractivity contribution is 5.76. The standard InChI is InChI=1S/C19H30N4O/c1-17-4-3-5-18(16-17)22-12-14-23(15-13-22)19(24)6-7-21-10-8-20(2)9-11-21/h3-5,16H,6-15H2,1-2H3. The summed E-state index contributed by atoms with van der Waals surface area (Å²) in [6.45, 7) is 11.0. The Labute approximate surface area is 145 Å². The zero-order chi connectivity index (χ0) is 16.9. The van der Waals surface area contributed by atoms with Crippen LogP contribution in [0.3, 0.4) is 0 Å². The minimum atomic E-state index is 0.317. The maximum Gasteiger partial charge on any atom is 0.223 e. The van der Waals surface area contributed by atoms with Gasteiger partial charge in [-0.3, -0.25) is 4.79 Å². The van der Waals surface area contributed by atoms with Crippen molar-refractivity contribution in [3.05, 3.63) is 29.8 Å². The van der Waals surface area contributed by atoms with Crippen LogP contribution >= 0.6 is 0 Å². The lowest BCUT2D eigenvalue weighted by Crippen LogP contribution is -2.50. The van der Waals surface area contributed by atoms with E-state index in [4.69, 9.17) is 0 Å². The summed E-state index contributed by atoms with van der Waals surface area (Å²) in [6, 6.07) is 8.63. The van der Waals surface area contributed by atoms with Crippen LogP contribution in [0.4, 0.5) is 5.69 Å². The first-order chi connectivity index (χ1) is 11.6. The normalized spacial score (nSPS) is 20.4. The summed E-state index contributed by atoms with van der Waals surface area (Å²) >= 11 is 0. The van der Waals surface area contributed by atoms with E-state index in [0.717, 1.165) is 58.9 Å². The molecule has 5 nitrogen and oxygen atoms in total. The Balaban J connectivity index is 1.42. The largest absolute Gasteiger partial charge is 0.368 e. The summed E-state index contributed by atoms with van der Waals surface area (Å²) in [5.41, 5.74) is 2.57. The van der Waals surface area contributed by atoms with E-state index in [-0.39, 0.29) is 0 Å². The molecule has 0 aromatic heterocycles. The average molecular weight is 330 g/mol. The molecule has 0 saturated carbocycles. The molecule has 2 aliphatic rings. The van der Waals surface area contributed by atoms with Crippen LogP contribution in [-0.4, -0.2) is 86.6 Å². The summed E-state index contributed by atoms with van der Waals surface area (Å²) in [6.07, 6.45) is 0.661. The zero-order valence-electron chi connectivity index (χ0n) is 15.1. The number of nitrogens with zero attached hydrogens (tertiary/aromatic N) is 4. The molecule has 2 aliphatic heterocycles. The molecule has 0 N–H and O–H groups in total. The Morgan fingerprint density at radius 1 is 1.00 bits per heavy atom. The van der Waals surface area contributed by atoms with Gasteiger partial charge in [0.2, 0.25) is 5.91 Å². The van der Waals surface area contributed by atoms with Gasteiger partial charge in [0.05, 0.1) is 0 Å². The molecule has 0 aliphatic carbocycles. The third-order valence-electron chi connectivity index (χ3n) is 5.24. The van der Waals surface area contributed by atoms with Crippen molar-refractivity contribution in [3.63, 3.8) is 0 Å². The fourth-order valence-corrected chi connectivity index (χ4v) is 3.52. The van der Waals surface area contributed by atoms with Crippen LogP contribution in [0.15, 0.2) is 24.3 Å². The minimum Gasteiger partial charge on any atom is -0.368 e. The first-order valence-corrected chi connectivity index (χ1v) is 9.12. The summed E-state index contributed by atoms with van der Waals surface area (Å²) in [4.78, 5) is 21.7. The van der Waals surface area contributed by atoms with Gasteiger partial charge in [-0.1, -0.05) is 12.1 Å². The van der Waals surface area contributed by atoms with Crippen LogP contribution in [0.5, 0.6) is 0 Å². The number of carbonyl (C=O) groups excluding carboxylic acids is 1. The van der Waals surface area contributed by atoms with Gasteiger partial charge < -0.3 is 19.6 Å². The number of likely N-dealkylation sites (N-methyl/N-ethyl adjacent to an activating group) is 1. The Morgan fingerprint density at radius 2 is 1.71 bits per heavy atom. The first-order valence-electron chi connectivity index (χ1n) is 9.12. The van der Waals surface area contributed by atoms with Crippen molar-refractivity contribution in [3.8, 4) is 0 Å². The van der Waals surface area contributed by atoms with E-state index in [1.54, 1.807) is 0 Å². The van der Waals surface area contributed by atoms with E-state index >= 15 is 0 Å². The van der Waals surface area contributed by atoms with E-state index in [0.29, 0.717) is 12.3 Å². The van der Waals surface area contributed by atoms with Crippen molar-refractivity contribution < 1.29 is 4.79 Å². The molecule has 2 fully saturated rings. The molecule has 1 aromatic carbocycles. The lowest BCUT2D eigenvalue weighted by atomic mass is 10.2. The van der Waals surface area contributed by atoms with Crippen molar-refractivity contribution >= 4 is 11.6 Å². The van der Waals surface area contributed by atoms with Crippen molar-refractivity contribution in [1.29, 1.82) is 0 Å². The maximum absolute atomic E-state index is 12.5. The lowest BCUT2D eigenvalue weighted by Gasteiger charge is -2.37. The quantitative estimate of drug-likeness (QED) is 0.832. The third-order valence-corrected chi connectivity index (χ3v) is 5.24. The van der Waals surface area contributed by atoms with E-state index in [2.05, 4.69) is 52.9 Å². The number of amides is 1. The number of rotatable bonds is 4. The van der Waals surface area contributed by atoms with Crippen LogP contribution in [0, 0.1) is 6.92 Å². The van der Waals surface area contributed by atoms with Gasteiger partial charge in [0.15, 0.2) is 0 Å². The number of hydrogen-bond donors (Lipinski definition) is 0. The van der Waals surface area contributed by atoms with Crippen LogP contribution in [-0.2, 0) is 4.79 Å².